The van der Waals surface area contributed by atoms with Gasteiger partial charge in [0.1, 0.15) is 5.60 Å². The lowest BCUT2D eigenvalue weighted by Gasteiger charge is -2.30. The molecule has 0 aromatic heterocycles. The van der Waals surface area contributed by atoms with E-state index < -0.39 is 5.60 Å². The van der Waals surface area contributed by atoms with Crippen LogP contribution in [0.3, 0.4) is 0 Å². The lowest BCUT2D eigenvalue weighted by atomic mass is 10.1. The van der Waals surface area contributed by atoms with Gasteiger partial charge in [0, 0.05) is 32.2 Å². The summed E-state index contributed by atoms with van der Waals surface area (Å²) in [6, 6.07) is 0.735. The zero-order valence-corrected chi connectivity index (χ0v) is 15.8. The van der Waals surface area contributed by atoms with Crippen LogP contribution in [0.5, 0.6) is 0 Å². The maximum absolute atomic E-state index is 12.2. The topological polar surface area (TPSA) is 36.0 Å². The molecule has 3 aliphatic rings. The quantitative estimate of drug-likeness (QED) is 0.790. The first-order valence-electron chi connectivity index (χ1n) is 9.85. The van der Waals surface area contributed by atoms with Crippen molar-refractivity contribution in [3.8, 4) is 0 Å². The predicted octanol–water partition coefficient (Wildman–Crippen LogP) is 2.80. The van der Waals surface area contributed by atoms with Gasteiger partial charge in [-0.1, -0.05) is 0 Å². The molecule has 0 bridgehead atoms. The van der Waals surface area contributed by atoms with Crippen LogP contribution >= 0.6 is 0 Å². The van der Waals surface area contributed by atoms with E-state index in [-0.39, 0.29) is 6.09 Å². The Hall–Kier alpha value is -0.810. The van der Waals surface area contributed by atoms with Crippen molar-refractivity contribution in [3.05, 3.63) is 0 Å². The van der Waals surface area contributed by atoms with Crippen molar-refractivity contribution >= 4 is 6.09 Å². The van der Waals surface area contributed by atoms with Crippen LogP contribution in [-0.2, 0) is 4.74 Å². The lowest BCUT2D eigenvalue weighted by Crippen LogP contribution is -2.42. The second-order valence-electron chi connectivity index (χ2n) is 8.88. The highest BCUT2D eigenvalue weighted by Gasteiger charge is 2.34. The molecular formula is C19H35N3O2. The molecule has 0 spiro atoms. The fourth-order valence-electron chi connectivity index (χ4n) is 4.41. The number of rotatable bonds is 4. The van der Waals surface area contributed by atoms with Gasteiger partial charge in [0.05, 0.1) is 0 Å². The molecule has 0 saturated carbocycles. The lowest BCUT2D eigenvalue weighted by molar-refractivity contribution is 0.0284. The van der Waals surface area contributed by atoms with Crippen molar-refractivity contribution in [3.63, 3.8) is 0 Å². The maximum Gasteiger partial charge on any atom is 0.410 e. The van der Waals surface area contributed by atoms with E-state index in [4.69, 9.17) is 4.74 Å². The molecular weight excluding hydrogens is 302 g/mol. The number of hydrogen-bond acceptors (Lipinski definition) is 4. The normalized spacial score (nSPS) is 29.5. The number of nitrogens with zero attached hydrogens (tertiary/aromatic N) is 3. The molecule has 3 rings (SSSR count). The Balaban J connectivity index is 1.45. The molecule has 0 aromatic carbocycles. The van der Waals surface area contributed by atoms with Gasteiger partial charge in [0.2, 0.25) is 0 Å². The highest BCUT2D eigenvalue weighted by atomic mass is 16.6. The van der Waals surface area contributed by atoms with Crippen molar-refractivity contribution in [2.24, 2.45) is 5.92 Å². The molecule has 2 atom stereocenters. The van der Waals surface area contributed by atoms with E-state index in [9.17, 15) is 4.79 Å². The standard InChI is InChI=1S/C19H35N3O2/c1-19(2,3)24-18(23)22-12-8-16(14-22)13-21-11-6-7-17(21)15-20-9-4-5-10-20/h16-17H,4-15H2,1-3H3/t16-,17+/m1/s1. The van der Waals surface area contributed by atoms with Crippen LogP contribution in [0.4, 0.5) is 4.79 Å². The first-order valence-corrected chi connectivity index (χ1v) is 9.85. The molecule has 0 aromatic rings. The van der Waals surface area contributed by atoms with Crippen LogP contribution in [0.15, 0.2) is 0 Å². The van der Waals surface area contributed by atoms with Crippen molar-refractivity contribution in [1.29, 1.82) is 0 Å². The largest absolute Gasteiger partial charge is 0.444 e. The highest BCUT2D eigenvalue weighted by molar-refractivity contribution is 5.68. The molecule has 0 aliphatic carbocycles. The minimum atomic E-state index is -0.398. The summed E-state index contributed by atoms with van der Waals surface area (Å²) in [5.41, 5.74) is -0.398. The minimum Gasteiger partial charge on any atom is -0.444 e. The van der Waals surface area contributed by atoms with Crippen LogP contribution in [0.2, 0.25) is 0 Å². The van der Waals surface area contributed by atoms with Gasteiger partial charge >= 0.3 is 6.09 Å². The van der Waals surface area contributed by atoms with E-state index in [0.29, 0.717) is 5.92 Å². The molecule has 3 aliphatic heterocycles. The molecule has 5 nitrogen and oxygen atoms in total. The molecule has 24 heavy (non-hydrogen) atoms. The third-order valence-electron chi connectivity index (χ3n) is 5.60. The second-order valence-corrected chi connectivity index (χ2v) is 8.88. The summed E-state index contributed by atoms with van der Waals surface area (Å²) in [7, 11) is 0. The first kappa shape index (κ1) is 18.0. The molecule has 0 radical (unpaired) electrons. The van der Waals surface area contributed by atoms with E-state index in [2.05, 4.69) is 9.80 Å². The number of amides is 1. The Morgan fingerprint density at radius 2 is 1.75 bits per heavy atom. The van der Waals surface area contributed by atoms with Crippen molar-refractivity contribution < 1.29 is 9.53 Å². The zero-order chi connectivity index (χ0) is 17.2. The fraction of sp³-hybridized carbons (Fsp3) is 0.947. The number of likely N-dealkylation sites (tertiary alicyclic amines) is 3. The zero-order valence-electron chi connectivity index (χ0n) is 15.8. The van der Waals surface area contributed by atoms with E-state index in [1.807, 2.05) is 25.7 Å². The summed E-state index contributed by atoms with van der Waals surface area (Å²) in [4.78, 5) is 19.5. The molecule has 0 unspecified atom stereocenters. The van der Waals surface area contributed by atoms with Crippen LogP contribution < -0.4 is 0 Å². The number of hydrogen-bond donors (Lipinski definition) is 0. The Kier molecular flexibility index (Phi) is 5.70. The van der Waals surface area contributed by atoms with Gasteiger partial charge in [-0.3, -0.25) is 4.90 Å². The van der Waals surface area contributed by atoms with E-state index >= 15 is 0 Å². The van der Waals surface area contributed by atoms with Crippen LogP contribution in [-0.4, -0.2) is 78.2 Å². The molecule has 0 N–H and O–H groups in total. The van der Waals surface area contributed by atoms with E-state index in [0.717, 1.165) is 32.1 Å². The predicted molar refractivity (Wildman–Crippen MR) is 96.2 cm³/mol. The smallest absolute Gasteiger partial charge is 0.410 e. The average Bonchev–Trinajstić information content (AvgIpc) is 3.21. The second kappa shape index (κ2) is 7.61. The highest BCUT2D eigenvalue weighted by Crippen LogP contribution is 2.25. The summed E-state index contributed by atoms with van der Waals surface area (Å²) in [5, 5.41) is 0. The van der Waals surface area contributed by atoms with Crippen molar-refractivity contribution in [2.45, 2.75) is 64.5 Å². The Morgan fingerprint density at radius 1 is 1.00 bits per heavy atom. The van der Waals surface area contributed by atoms with Crippen LogP contribution in [0.1, 0.15) is 52.9 Å². The number of ether oxygens (including phenoxy) is 1. The summed E-state index contributed by atoms with van der Waals surface area (Å²) >= 11 is 0. The third kappa shape index (κ3) is 4.85. The summed E-state index contributed by atoms with van der Waals surface area (Å²) in [6.45, 7) is 13.7. The Bertz CT molecular complexity index is 429. The van der Waals surface area contributed by atoms with Gasteiger partial charge in [-0.2, -0.15) is 0 Å². The minimum absolute atomic E-state index is 0.139. The summed E-state index contributed by atoms with van der Waals surface area (Å²) < 4.78 is 5.52. The van der Waals surface area contributed by atoms with Gasteiger partial charge in [0.15, 0.2) is 0 Å². The number of carbonyl (C=O) groups is 1. The summed E-state index contributed by atoms with van der Waals surface area (Å²) in [5.74, 6) is 0.608. The first-order chi connectivity index (χ1) is 11.4. The number of carbonyl (C=O) groups excluding carboxylic acids is 1. The SMILES string of the molecule is CC(C)(C)OC(=O)N1CC[C@H](CN2CCC[C@H]2CN2CCCC2)C1. The van der Waals surface area contributed by atoms with Crippen molar-refractivity contribution in [1.82, 2.24) is 14.7 Å². The molecule has 138 valence electrons. The van der Waals surface area contributed by atoms with Gasteiger partial charge in [-0.15, -0.1) is 0 Å². The third-order valence-corrected chi connectivity index (χ3v) is 5.60. The van der Waals surface area contributed by atoms with Gasteiger partial charge in [-0.25, -0.2) is 4.79 Å². The van der Waals surface area contributed by atoms with Crippen LogP contribution in [0, 0.1) is 5.92 Å². The molecule has 3 saturated heterocycles. The monoisotopic (exact) mass is 337 g/mol. The molecule has 3 fully saturated rings. The fourth-order valence-corrected chi connectivity index (χ4v) is 4.41. The molecule has 1 amide bonds. The van der Waals surface area contributed by atoms with Gasteiger partial charge < -0.3 is 14.5 Å². The van der Waals surface area contributed by atoms with E-state index in [1.54, 1.807) is 0 Å². The Labute approximate surface area is 147 Å². The molecule has 3 heterocycles. The average molecular weight is 338 g/mol. The van der Waals surface area contributed by atoms with E-state index in [1.165, 1.54) is 51.9 Å². The van der Waals surface area contributed by atoms with Gasteiger partial charge in [0.25, 0.3) is 0 Å². The van der Waals surface area contributed by atoms with Crippen LogP contribution in [0.25, 0.3) is 0 Å². The Morgan fingerprint density at radius 3 is 2.46 bits per heavy atom. The summed E-state index contributed by atoms with van der Waals surface area (Å²) in [6.07, 6.45) is 6.41. The molecule has 5 heteroatoms. The van der Waals surface area contributed by atoms with Gasteiger partial charge in [-0.05, 0) is 78.4 Å². The van der Waals surface area contributed by atoms with Crippen molar-refractivity contribution in [2.75, 3.05) is 45.8 Å². The maximum atomic E-state index is 12.2.